The molecule has 0 aliphatic rings. The number of benzene rings is 2. The van der Waals surface area contributed by atoms with E-state index < -0.39 is 0 Å². The molecule has 0 bridgehead atoms. The van der Waals surface area contributed by atoms with Crippen molar-refractivity contribution in [3.63, 3.8) is 0 Å². The van der Waals surface area contributed by atoms with Gasteiger partial charge in [0.15, 0.2) is 17.3 Å². The van der Waals surface area contributed by atoms with Crippen LogP contribution in [0, 0.1) is 6.92 Å². The van der Waals surface area contributed by atoms with Crippen molar-refractivity contribution in [2.45, 2.75) is 13.3 Å². The fourth-order valence-corrected chi connectivity index (χ4v) is 3.75. The molecule has 0 unspecified atom stereocenters. The Morgan fingerprint density at radius 1 is 1.00 bits per heavy atom. The van der Waals surface area contributed by atoms with Crippen LogP contribution in [0.2, 0.25) is 0 Å². The Hall–Kier alpha value is -2.93. The molecule has 4 rings (SSSR count). The van der Waals surface area contributed by atoms with Gasteiger partial charge in [-0.15, -0.1) is 10.2 Å². The summed E-state index contributed by atoms with van der Waals surface area (Å²) in [4.78, 5) is 0.790. The fourth-order valence-electron chi connectivity index (χ4n) is 2.88. The summed E-state index contributed by atoms with van der Waals surface area (Å²) in [6.07, 6.45) is 0.696. The molecule has 0 radical (unpaired) electrons. The maximum Gasteiger partial charge on any atom is 0.234 e. The van der Waals surface area contributed by atoms with Gasteiger partial charge in [-0.2, -0.15) is 9.61 Å². The summed E-state index contributed by atoms with van der Waals surface area (Å²) in [5.41, 5.74) is 3.30. The minimum atomic E-state index is 0.696. The molecule has 2 aromatic heterocycles. The minimum absolute atomic E-state index is 0.696. The van der Waals surface area contributed by atoms with Crippen LogP contribution in [0.15, 0.2) is 42.5 Å². The van der Waals surface area contributed by atoms with Crippen LogP contribution in [-0.2, 0) is 6.42 Å². The van der Waals surface area contributed by atoms with Gasteiger partial charge < -0.3 is 9.47 Å². The van der Waals surface area contributed by atoms with Crippen molar-refractivity contribution in [2.75, 3.05) is 14.2 Å². The highest BCUT2D eigenvalue weighted by Crippen LogP contribution is 2.30. The molecule has 0 amide bonds. The molecular weight excluding hydrogens is 348 g/mol. The normalized spacial score (nSPS) is 11.0. The van der Waals surface area contributed by atoms with E-state index in [0.29, 0.717) is 12.2 Å². The molecule has 7 heteroatoms. The first kappa shape index (κ1) is 16.5. The van der Waals surface area contributed by atoms with Crippen molar-refractivity contribution in [1.29, 1.82) is 0 Å². The highest BCUT2D eigenvalue weighted by atomic mass is 32.1. The first-order chi connectivity index (χ1) is 12.7. The van der Waals surface area contributed by atoms with Crippen molar-refractivity contribution in [1.82, 2.24) is 19.8 Å². The lowest BCUT2D eigenvalue weighted by Crippen LogP contribution is -1.96. The van der Waals surface area contributed by atoms with Crippen LogP contribution in [0.4, 0.5) is 0 Å². The van der Waals surface area contributed by atoms with Crippen LogP contribution in [0.3, 0.4) is 0 Å². The van der Waals surface area contributed by atoms with Gasteiger partial charge in [0.1, 0.15) is 5.01 Å². The Morgan fingerprint density at radius 3 is 2.58 bits per heavy atom. The van der Waals surface area contributed by atoms with E-state index in [2.05, 4.69) is 23.2 Å². The molecule has 0 saturated carbocycles. The van der Waals surface area contributed by atoms with Crippen LogP contribution in [0.25, 0.3) is 16.3 Å². The smallest absolute Gasteiger partial charge is 0.234 e. The number of hydrogen-bond donors (Lipinski definition) is 0. The summed E-state index contributed by atoms with van der Waals surface area (Å²) in [6.45, 7) is 2.06. The highest BCUT2D eigenvalue weighted by molar-refractivity contribution is 7.16. The summed E-state index contributed by atoms with van der Waals surface area (Å²) in [5.74, 6) is 2.21. The number of aryl methyl sites for hydroxylation is 1. The SMILES string of the molecule is COc1ccc(Cc2nn3c(-c4ccccc4C)nnc3s2)cc1OC. The predicted octanol–water partition coefficient (Wildman–Crippen LogP) is 3.77. The van der Waals surface area contributed by atoms with E-state index in [1.54, 1.807) is 25.6 Å². The molecule has 0 fully saturated rings. The van der Waals surface area contributed by atoms with Gasteiger partial charge in [0.2, 0.25) is 4.96 Å². The molecule has 2 aromatic carbocycles. The van der Waals surface area contributed by atoms with Crippen molar-refractivity contribution in [3.05, 3.63) is 58.6 Å². The Kier molecular flexibility index (Phi) is 4.30. The van der Waals surface area contributed by atoms with Crippen LogP contribution in [-0.4, -0.2) is 34.0 Å². The lowest BCUT2D eigenvalue weighted by Gasteiger charge is -2.08. The summed E-state index contributed by atoms with van der Waals surface area (Å²) in [6, 6.07) is 14.0. The second-order valence-corrected chi connectivity index (χ2v) is 6.94. The molecule has 0 saturated heterocycles. The largest absolute Gasteiger partial charge is 0.493 e. The molecule has 2 heterocycles. The quantitative estimate of drug-likeness (QED) is 0.538. The first-order valence-electron chi connectivity index (χ1n) is 8.17. The zero-order chi connectivity index (χ0) is 18.1. The molecule has 6 nitrogen and oxygen atoms in total. The Bertz CT molecular complexity index is 1070. The third-order valence-corrected chi connectivity index (χ3v) is 5.12. The van der Waals surface area contributed by atoms with E-state index in [9.17, 15) is 0 Å². The van der Waals surface area contributed by atoms with Crippen LogP contribution in [0.1, 0.15) is 16.1 Å². The number of fused-ring (bicyclic) bond motifs is 1. The lowest BCUT2D eigenvalue weighted by molar-refractivity contribution is 0.354. The van der Waals surface area contributed by atoms with Gasteiger partial charge in [0.25, 0.3) is 0 Å². The minimum Gasteiger partial charge on any atom is -0.493 e. The van der Waals surface area contributed by atoms with Gasteiger partial charge in [-0.25, -0.2) is 0 Å². The molecular formula is C19H18N4O2S. The zero-order valence-corrected chi connectivity index (χ0v) is 15.6. The topological polar surface area (TPSA) is 61.5 Å². The number of rotatable bonds is 5. The number of aromatic nitrogens is 4. The summed E-state index contributed by atoms with van der Waals surface area (Å²) in [7, 11) is 3.27. The fraction of sp³-hybridized carbons (Fsp3) is 0.211. The van der Waals surface area contributed by atoms with Crippen LogP contribution >= 0.6 is 11.3 Å². The molecule has 0 aliphatic carbocycles. The maximum atomic E-state index is 5.38. The average Bonchev–Trinajstić information content (AvgIpc) is 3.22. The van der Waals surface area contributed by atoms with E-state index in [1.807, 2.05) is 40.9 Å². The molecule has 4 aromatic rings. The first-order valence-corrected chi connectivity index (χ1v) is 8.99. The standard InChI is InChI=1S/C19H18N4O2S/c1-12-6-4-5-7-14(12)18-20-21-19-23(18)22-17(26-19)11-13-8-9-15(24-2)16(10-13)25-3/h4-10H,11H2,1-3H3. The van der Waals surface area contributed by atoms with Crippen LogP contribution < -0.4 is 9.47 Å². The Balaban J connectivity index is 1.68. The molecule has 0 N–H and O–H groups in total. The number of ether oxygens (including phenoxy) is 2. The summed E-state index contributed by atoms with van der Waals surface area (Å²) >= 11 is 1.54. The average molecular weight is 366 g/mol. The van der Waals surface area contributed by atoms with Crippen molar-refractivity contribution in [2.24, 2.45) is 0 Å². The van der Waals surface area contributed by atoms with E-state index in [4.69, 9.17) is 14.6 Å². The van der Waals surface area contributed by atoms with Crippen molar-refractivity contribution >= 4 is 16.3 Å². The van der Waals surface area contributed by atoms with Gasteiger partial charge >= 0.3 is 0 Å². The molecule has 132 valence electrons. The van der Waals surface area contributed by atoms with E-state index in [0.717, 1.165) is 38.2 Å². The van der Waals surface area contributed by atoms with Crippen molar-refractivity contribution < 1.29 is 9.47 Å². The highest BCUT2D eigenvalue weighted by Gasteiger charge is 2.15. The van der Waals surface area contributed by atoms with E-state index in [1.165, 1.54) is 0 Å². The Morgan fingerprint density at radius 2 is 1.81 bits per heavy atom. The summed E-state index contributed by atoms with van der Waals surface area (Å²) in [5, 5.41) is 14.3. The summed E-state index contributed by atoms with van der Waals surface area (Å²) < 4.78 is 12.5. The molecule has 26 heavy (non-hydrogen) atoms. The second kappa shape index (κ2) is 6.76. The van der Waals surface area contributed by atoms with Gasteiger partial charge in [-0.3, -0.25) is 0 Å². The maximum absolute atomic E-state index is 5.38. The zero-order valence-electron chi connectivity index (χ0n) is 14.8. The predicted molar refractivity (Wildman–Crippen MR) is 101 cm³/mol. The van der Waals surface area contributed by atoms with Gasteiger partial charge in [-0.05, 0) is 30.2 Å². The molecule has 0 aliphatic heterocycles. The van der Waals surface area contributed by atoms with E-state index in [-0.39, 0.29) is 0 Å². The molecule has 0 atom stereocenters. The van der Waals surface area contributed by atoms with Crippen molar-refractivity contribution in [3.8, 4) is 22.9 Å². The monoisotopic (exact) mass is 366 g/mol. The van der Waals surface area contributed by atoms with Gasteiger partial charge in [0, 0.05) is 12.0 Å². The number of nitrogens with zero attached hydrogens (tertiary/aromatic N) is 4. The van der Waals surface area contributed by atoms with E-state index >= 15 is 0 Å². The van der Waals surface area contributed by atoms with Crippen LogP contribution in [0.5, 0.6) is 11.5 Å². The lowest BCUT2D eigenvalue weighted by atomic mass is 10.1. The molecule has 0 spiro atoms. The second-order valence-electron chi connectivity index (χ2n) is 5.89. The third kappa shape index (κ3) is 2.90. The third-order valence-electron chi connectivity index (χ3n) is 4.22. The van der Waals surface area contributed by atoms with Gasteiger partial charge in [-0.1, -0.05) is 41.7 Å². The van der Waals surface area contributed by atoms with Gasteiger partial charge in [0.05, 0.1) is 14.2 Å². The Labute approximate surface area is 155 Å². The number of hydrogen-bond acceptors (Lipinski definition) is 6. The number of methoxy groups -OCH3 is 2.